The number of phosphoric acid groups is 1. The number of rotatable bonds is 6. The van der Waals surface area contributed by atoms with Gasteiger partial charge >= 0.3 is 6.03 Å². The number of phosphoric ester groups is 1. The van der Waals surface area contributed by atoms with Gasteiger partial charge < -0.3 is 33.8 Å². The molecule has 5 rings (SSSR count). The highest BCUT2D eigenvalue weighted by Crippen LogP contribution is 2.42. The van der Waals surface area contributed by atoms with Crippen molar-refractivity contribution >= 4 is 30.8 Å². The Balaban J connectivity index is 1.42. The molecule has 0 spiro atoms. The summed E-state index contributed by atoms with van der Waals surface area (Å²) in [4.78, 5) is 44.9. The van der Waals surface area contributed by atoms with Crippen LogP contribution in [0.1, 0.15) is 18.7 Å². The molecule has 2 fully saturated rings. The van der Waals surface area contributed by atoms with E-state index in [0.29, 0.717) is 17.7 Å². The maximum Gasteiger partial charge on any atom is 0.320 e. The van der Waals surface area contributed by atoms with Crippen molar-refractivity contribution in [2.24, 2.45) is 0 Å². The van der Waals surface area contributed by atoms with E-state index in [1.807, 2.05) is 30.3 Å². The zero-order valence-electron chi connectivity index (χ0n) is 19.4. The van der Waals surface area contributed by atoms with Crippen LogP contribution in [-0.2, 0) is 23.3 Å². The Labute approximate surface area is 210 Å². The molecule has 37 heavy (non-hydrogen) atoms. The Morgan fingerprint density at radius 2 is 2.00 bits per heavy atom. The summed E-state index contributed by atoms with van der Waals surface area (Å²) in [6.45, 7) is 1.69. The molecule has 0 saturated carbocycles. The minimum absolute atomic E-state index is 0.187. The van der Waals surface area contributed by atoms with E-state index in [1.165, 1.54) is 12.7 Å². The fourth-order valence-electron chi connectivity index (χ4n) is 4.03. The maximum absolute atomic E-state index is 12.0. The van der Waals surface area contributed by atoms with Crippen molar-refractivity contribution in [2.75, 3.05) is 18.5 Å². The van der Waals surface area contributed by atoms with E-state index in [1.54, 1.807) is 11.5 Å². The second-order valence-electron chi connectivity index (χ2n) is 8.03. The number of imidazole rings is 1. The van der Waals surface area contributed by atoms with Crippen LogP contribution in [0.25, 0.3) is 11.2 Å². The van der Waals surface area contributed by atoms with Gasteiger partial charge in [-0.15, -0.1) is 0 Å². The lowest BCUT2D eigenvalue weighted by molar-refractivity contribution is -0.223. The Kier molecular flexibility index (Phi) is 7.18. The summed E-state index contributed by atoms with van der Waals surface area (Å²) in [6.07, 6.45) is -1.57. The predicted octanol–water partition coefficient (Wildman–Crippen LogP) is 0.504. The van der Waals surface area contributed by atoms with E-state index in [0.717, 1.165) is 5.56 Å². The number of nitrogens with one attached hydrogen (secondary N) is 2. The normalized spacial score (nSPS) is 26.2. The summed E-state index contributed by atoms with van der Waals surface area (Å²) in [5.41, 5.74) is 1.38. The number of benzene rings is 1. The van der Waals surface area contributed by atoms with Gasteiger partial charge in [0.15, 0.2) is 23.2 Å². The van der Waals surface area contributed by atoms with Crippen LogP contribution >= 0.6 is 7.82 Å². The maximum atomic E-state index is 12.0. The fourth-order valence-corrected chi connectivity index (χ4v) is 4.37. The molecule has 194 valence electrons. The number of fused-ring (bicyclic) bond motifs is 2. The van der Waals surface area contributed by atoms with Gasteiger partial charge in [0, 0.05) is 12.1 Å². The smallest absolute Gasteiger partial charge is 0.320 e. The number of hydrogen-bond acceptors (Lipinski definition) is 10. The molecular formula is C22H22N6O8P-. The Morgan fingerprint density at radius 3 is 2.76 bits per heavy atom. The van der Waals surface area contributed by atoms with Crippen LogP contribution in [0.15, 0.2) is 43.0 Å². The van der Waals surface area contributed by atoms with Gasteiger partial charge in [-0.2, -0.15) is 0 Å². The van der Waals surface area contributed by atoms with Crippen LogP contribution < -0.4 is 15.5 Å². The molecule has 2 saturated heterocycles. The van der Waals surface area contributed by atoms with Crippen LogP contribution in [0.2, 0.25) is 0 Å². The molecule has 0 radical (unpaired) electrons. The van der Waals surface area contributed by atoms with Gasteiger partial charge in [-0.1, -0.05) is 24.1 Å². The van der Waals surface area contributed by atoms with E-state index >= 15 is 0 Å². The average molecular weight is 529 g/mol. The zero-order chi connectivity index (χ0) is 26.0. The SMILES string of the molecule is CCNC(=O)Nc1ncnc2c1ncn2[C@@H]1O[C@H](COP(=O)([O-])O)C2OC(C#Cc3ccccc3)O[C@@H]21. The highest BCUT2D eigenvalue weighted by molar-refractivity contribution is 7.44. The van der Waals surface area contributed by atoms with Crippen molar-refractivity contribution in [1.82, 2.24) is 24.8 Å². The highest BCUT2D eigenvalue weighted by atomic mass is 31.2. The molecule has 0 bridgehead atoms. The van der Waals surface area contributed by atoms with E-state index in [-0.39, 0.29) is 5.82 Å². The van der Waals surface area contributed by atoms with E-state index < -0.39 is 51.3 Å². The van der Waals surface area contributed by atoms with Gasteiger partial charge in [-0.05, 0) is 25.0 Å². The first-order valence-corrected chi connectivity index (χ1v) is 12.8. The van der Waals surface area contributed by atoms with Crippen molar-refractivity contribution in [3.8, 4) is 11.8 Å². The molecule has 1 aromatic carbocycles. The first-order chi connectivity index (χ1) is 17.8. The molecule has 14 nitrogen and oxygen atoms in total. The van der Waals surface area contributed by atoms with Crippen molar-refractivity contribution in [3.05, 3.63) is 48.5 Å². The monoisotopic (exact) mass is 529 g/mol. The van der Waals surface area contributed by atoms with Gasteiger partial charge in [0.1, 0.15) is 24.6 Å². The van der Waals surface area contributed by atoms with Gasteiger partial charge in [-0.3, -0.25) is 14.4 Å². The van der Waals surface area contributed by atoms with Crippen LogP contribution in [0, 0.1) is 11.8 Å². The Hall–Kier alpha value is -3.41. The lowest BCUT2D eigenvalue weighted by Gasteiger charge is -2.22. The second kappa shape index (κ2) is 10.5. The van der Waals surface area contributed by atoms with Gasteiger partial charge in [0.25, 0.3) is 7.82 Å². The Morgan fingerprint density at radius 1 is 1.22 bits per heavy atom. The third kappa shape index (κ3) is 5.63. The number of aromatic nitrogens is 4. The van der Waals surface area contributed by atoms with Gasteiger partial charge in [0.2, 0.25) is 6.29 Å². The Bertz CT molecular complexity index is 1390. The topological polar surface area (TPSA) is 182 Å². The predicted molar refractivity (Wildman–Crippen MR) is 125 cm³/mol. The third-order valence-corrected chi connectivity index (χ3v) is 6.03. The number of amides is 2. The lowest BCUT2D eigenvalue weighted by atomic mass is 10.1. The molecule has 2 amide bonds. The van der Waals surface area contributed by atoms with E-state index in [2.05, 4.69) is 42.0 Å². The van der Waals surface area contributed by atoms with E-state index in [4.69, 9.17) is 19.1 Å². The molecule has 6 atom stereocenters. The number of ether oxygens (including phenoxy) is 3. The molecule has 3 N–H and O–H groups in total. The minimum Gasteiger partial charge on any atom is -0.756 e. The molecule has 15 heteroatoms. The lowest BCUT2D eigenvalue weighted by Crippen LogP contribution is -2.32. The third-order valence-electron chi connectivity index (χ3n) is 5.56. The standard InChI is InChI=1S/C22H23N6O8P/c1-2-23-22(29)27-19-16-20(25-11-24-19)28(12-26-16)21-18-17(14(34-21)10-33-37(30,31)32)35-15(36-18)9-8-13-6-4-3-5-7-13/h3-7,11-12,14-15,17-18,21H,2,10H2,1H3,(H2,30,31,32)(H2,23,24,25,27,29)/p-1/t14-,15?,17?,18+,21-/m1/s1. The summed E-state index contributed by atoms with van der Waals surface area (Å²) in [7, 11) is -5.01. The fraction of sp³-hybridized carbons (Fsp3) is 0.364. The number of anilines is 1. The van der Waals surface area contributed by atoms with Crippen LogP contribution in [-0.4, -0.2) is 68.2 Å². The molecule has 0 aliphatic carbocycles. The molecule has 2 aliphatic rings. The molecular weight excluding hydrogens is 507 g/mol. The molecule has 4 heterocycles. The van der Waals surface area contributed by atoms with Gasteiger partial charge in [-0.25, -0.2) is 19.7 Å². The van der Waals surface area contributed by atoms with Crippen molar-refractivity contribution in [1.29, 1.82) is 0 Å². The van der Waals surface area contributed by atoms with Crippen molar-refractivity contribution in [3.63, 3.8) is 0 Å². The number of carbonyl (C=O) groups is 1. The minimum atomic E-state index is -5.01. The number of urea groups is 1. The number of carbonyl (C=O) groups excluding carboxylic acids is 1. The van der Waals surface area contributed by atoms with Gasteiger partial charge in [0.05, 0.1) is 12.9 Å². The summed E-state index contributed by atoms with van der Waals surface area (Å²) in [6, 6.07) is 8.79. The average Bonchev–Trinajstić information content (AvgIpc) is 3.56. The summed E-state index contributed by atoms with van der Waals surface area (Å²) in [5, 5.41) is 5.23. The number of hydrogen-bond donors (Lipinski definition) is 3. The first-order valence-electron chi connectivity index (χ1n) is 11.3. The van der Waals surface area contributed by atoms with Crippen LogP contribution in [0.3, 0.4) is 0 Å². The quantitative estimate of drug-likeness (QED) is 0.299. The molecule has 2 aromatic heterocycles. The summed E-state index contributed by atoms with van der Waals surface area (Å²) in [5.74, 6) is 6.06. The largest absolute Gasteiger partial charge is 0.756 e. The molecule has 2 aliphatic heterocycles. The van der Waals surface area contributed by atoms with Crippen molar-refractivity contribution in [2.45, 2.75) is 37.8 Å². The first kappa shape index (κ1) is 25.2. The molecule has 3 aromatic rings. The molecule has 3 unspecified atom stereocenters. The highest BCUT2D eigenvalue weighted by Gasteiger charge is 2.54. The van der Waals surface area contributed by atoms with Crippen LogP contribution in [0.5, 0.6) is 0 Å². The second-order valence-corrected chi connectivity index (χ2v) is 9.22. The van der Waals surface area contributed by atoms with Crippen LogP contribution in [0.4, 0.5) is 10.6 Å². The van der Waals surface area contributed by atoms with Crippen molar-refractivity contribution < 1.29 is 37.9 Å². The summed E-state index contributed by atoms with van der Waals surface area (Å²) < 4.78 is 35.3. The van der Waals surface area contributed by atoms with E-state index in [9.17, 15) is 14.3 Å². The summed E-state index contributed by atoms with van der Waals surface area (Å²) >= 11 is 0. The number of nitrogens with zero attached hydrogens (tertiary/aromatic N) is 4. The zero-order valence-corrected chi connectivity index (χ0v) is 20.3.